The second-order valence-corrected chi connectivity index (χ2v) is 7.57. The number of hydrogen-bond donors (Lipinski definition) is 1. The fourth-order valence-corrected chi connectivity index (χ4v) is 5.54. The summed E-state index contributed by atoms with van der Waals surface area (Å²) in [5, 5.41) is 3.74. The average Bonchev–Trinajstić information content (AvgIpc) is 3.13. The van der Waals surface area contributed by atoms with Crippen molar-refractivity contribution in [3.63, 3.8) is 0 Å². The molecule has 4 aliphatic heterocycles. The lowest BCUT2D eigenvalue weighted by Crippen LogP contribution is -2.72. The first-order chi connectivity index (χ1) is 12.3. The van der Waals surface area contributed by atoms with Gasteiger partial charge in [-0.25, -0.2) is 0 Å². The van der Waals surface area contributed by atoms with Crippen LogP contribution < -0.4 is 5.32 Å². The number of ketones is 1. The molecule has 3 atom stereocenters. The molecule has 1 aromatic carbocycles. The van der Waals surface area contributed by atoms with E-state index in [0.29, 0.717) is 5.92 Å². The van der Waals surface area contributed by atoms with Gasteiger partial charge in [-0.15, -0.1) is 0 Å². The molecule has 1 N–H and O–H groups in total. The van der Waals surface area contributed by atoms with Crippen LogP contribution >= 0.6 is 0 Å². The second-order valence-electron chi connectivity index (χ2n) is 7.57. The Balaban J connectivity index is 1.67. The van der Waals surface area contributed by atoms with Gasteiger partial charge in [-0.1, -0.05) is 36.4 Å². The van der Waals surface area contributed by atoms with Gasteiger partial charge in [-0.3, -0.25) is 14.7 Å². The zero-order valence-electron chi connectivity index (χ0n) is 14.3. The Hall–Kier alpha value is -2.04. The number of piperidine rings is 3. The molecule has 4 saturated heterocycles. The highest BCUT2D eigenvalue weighted by Gasteiger charge is 2.64. The van der Waals surface area contributed by atoms with Crippen molar-refractivity contribution >= 4 is 5.78 Å². The molecule has 1 aromatic heterocycles. The molecule has 6 rings (SSSR count). The van der Waals surface area contributed by atoms with Gasteiger partial charge in [-0.2, -0.15) is 0 Å². The van der Waals surface area contributed by atoms with E-state index in [1.807, 2.05) is 48.8 Å². The van der Waals surface area contributed by atoms with E-state index in [2.05, 4.69) is 21.3 Å². The quantitative estimate of drug-likeness (QED) is 0.877. The van der Waals surface area contributed by atoms with E-state index < -0.39 is 5.54 Å². The third kappa shape index (κ3) is 2.07. The Morgan fingerprint density at radius 2 is 1.92 bits per heavy atom. The normalized spacial score (nSPS) is 36.2. The summed E-state index contributed by atoms with van der Waals surface area (Å²) in [5.74, 6) is 1.03. The van der Waals surface area contributed by atoms with E-state index in [1.54, 1.807) is 0 Å². The lowest BCUT2D eigenvalue weighted by atomic mass is 9.63. The van der Waals surface area contributed by atoms with Gasteiger partial charge in [-0.05, 0) is 43.5 Å². The van der Waals surface area contributed by atoms with Gasteiger partial charge in [0.15, 0.2) is 5.78 Å². The summed E-state index contributed by atoms with van der Waals surface area (Å²) >= 11 is 0. The highest BCUT2D eigenvalue weighted by Crippen LogP contribution is 2.51. The molecule has 2 bridgehead atoms. The first-order valence-electron chi connectivity index (χ1n) is 9.30. The van der Waals surface area contributed by atoms with Crippen molar-refractivity contribution in [1.29, 1.82) is 0 Å². The zero-order valence-corrected chi connectivity index (χ0v) is 14.3. The molecule has 5 heterocycles. The number of carbonyl (C=O) groups is 1. The fourth-order valence-electron chi connectivity index (χ4n) is 5.54. The van der Waals surface area contributed by atoms with Crippen molar-refractivity contribution in [2.75, 3.05) is 19.6 Å². The number of carbonyl (C=O) groups excluding carboxylic acids is 1. The van der Waals surface area contributed by atoms with Crippen molar-refractivity contribution in [3.8, 4) is 0 Å². The highest BCUT2D eigenvalue weighted by molar-refractivity contribution is 6.05. The molecule has 4 fully saturated rings. The standard InChI is InChI=1S/C21H23N3O/c25-20(16-5-2-1-3-6-16)21-18(17-7-4-10-22-13-17)14-23-19(21)15-8-11-24(21)12-9-15/h1-7,10,13,15,18-19,23H,8-9,11-12,14H2. The first kappa shape index (κ1) is 15.2. The lowest BCUT2D eigenvalue weighted by Gasteiger charge is -2.57. The van der Waals surface area contributed by atoms with Gasteiger partial charge in [0, 0.05) is 36.5 Å². The molecular weight excluding hydrogens is 310 g/mol. The average molecular weight is 333 g/mol. The molecule has 0 amide bonds. The van der Waals surface area contributed by atoms with E-state index in [9.17, 15) is 4.79 Å². The number of benzene rings is 1. The summed E-state index contributed by atoms with van der Waals surface area (Å²) in [7, 11) is 0. The van der Waals surface area contributed by atoms with Crippen molar-refractivity contribution in [1.82, 2.24) is 15.2 Å². The molecule has 0 radical (unpaired) electrons. The van der Waals surface area contributed by atoms with E-state index in [-0.39, 0.29) is 17.7 Å². The van der Waals surface area contributed by atoms with E-state index >= 15 is 0 Å². The summed E-state index contributed by atoms with van der Waals surface area (Å²) < 4.78 is 0. The van der Waals surface area contributed by atoms with Crippen LogP contribution in [0.4, 0.5) is 0 Å². The van der Waals surface area contributed by atoms with Crippen molar-refractivity contribution in [3.05, 3.63) is 66.0 Å². The maximum absolute atomic E-state index is 13.9. The fraction of sp³-hybridized carbons (Fsp3) is 0.429. The van der Waals surface area contributed by atoms with Crippen LogP contribution in [0.15, 0.2) is 54.9 Å². The van der Waals surface area contributed by atoms with Crippen LogP contribution in [-0.2, 0) is 0 Å². The number of rotatable bonds is 3. The Labute approximate surface area is 148 Å². The SMILES string of the molecule is O=C(c1ccccc1)C12C(c3cccnc3)CNC1C1CCN2CC1. The molecule has 4 aliphatic rings. The molecule has 4 nitrogen and oxygen atoms in total. The molecule has 128 valence electrons. The lowest BCUT2D eigenvalue weighted by molar-refractivity contribution is -0.0313. The van der Waals surface area contributed by atoms with Gasteiger partial charge in [0.2, 0.25) is 0 Å². The Bertz CT molecular complexity index is 770. The van der Waals surface area contributed by atoms with Crippen LogP contribution in [0, 0.1) is 5.92 Å². The Morgan fingerprint density at radius 1 is 1.12 bits per heavy atom. The summed E-state index contributed by atoms with van der Waals surface area (Å²) in [6.45, 7) is 2.90. The number of fused-ring (bicyclic) bond motifs is 2. The molecule has 25 heavy (non-hydrogen) atoms. The molecule has 4 heteroatoms. The summed E-state index contributed by atoms with van der Waals surface area (Å²) in [6.07, 6.45) is 6.14. The van der Waals surface area contributed by atoms with Crippen molar-refractivity contribution in [2.45, 2.75) is 30.3 Å². The number of nitrogens with zero attached hydrogens (tertiary/aromatic N) is 2. The Morgan fingerprint density at radius 3 is 2.64 bits per heavy atom. The topological polar surface area (TPSA) is 45.2 Å². The molecule has 0 spiro atoms. The number of pyridine rings is 1. The molecule has 3 unspecified atom stereocenters. The molecule has 0 saturated carbocycles. The van der Waals surface area contributed by atoms with Gasteiger partial charge in [0.25, 0.3) is 0 Å². The smallest absolute Gasteiger partial charge is 0.185 e. The predicted molar refractivity (Wildman–Crippen MR) is 96.6 cm³/mol. The van der Waals surface area contributed by atoms with Crippen LogP contribution in [0.25, 0.3) is 0 Å². The van der Waals surface area contributed by atoms with Crippen LogP contribution in [0.5, 0.6) is 0 Å². The monoisotopic (exact) mass is 333 g/mol. The maximum Gasteiger partial charge on any atom is 0.185 e. The van der Waals surface area contributed by atoms with Gasteiger partial charge in [0.1, 0.15) is 5.54 Å². The molecule has 0 aliphatic carbocycles. The van der Waals surface area contributed by atoms with E-state index in [0.717, 1.165) is 25.2 Å². The minimum atomic E-state index is -0.467. The number of Topliss-reactive ketones (excluding diaryl/α,β-unsaturated/α-hetero) is 1. The largest absolute Gasteiger partial charge is 0.311 e. The third-order valence-electron chi connectivity index (χ3n) is 6.57. The highest BCUT2D eigenvalue weighted by atomic mass is 16.1. The summed E-state index contributed by atoms with van der Waals surface area (Å²) in [5.41, 5.74) is 1.54. The minimum absolute atomic E-state index is 0.155. The van der Waals surface area contributed by atoms with Crippen LogP contribution in [0.2, 0.25) is 0 Å². The van der Waals surface area contributed by atoms with E-state index in [4.69, 9.17) is 0 Å². The van der Waals surface area contributed by atoms with Gasteiger partial charge < -0.3 is 5.32 Å². The van der Waals surface area contributed by atoms with Gasteiger partial charge >= 0.3 is 0 Å². The third-order valence-corrected chi connectivity index (χ3v) is 6.57. The molecular formula is C21H23N3O. The van der Waals surface area contributed by atoms with Gasteiger partial charge in [0.05, 0.1) is 0 Å². The summed E-state index contributed by atoms with van der Waals surface area (Å²) in [4.78, 5) is 20.7. The van der Waals surface area contributed by atoms with Crippen LogP contribution in [0.1, 0.15) is 34.7 Å². The first-order valence-corrected chi connectivity index (χ1v) is 9.30. The number of aromatic nitrogens is 1. The summed E-state index contributed by atoms with van der Waals surface area (Å²) in [6, 6.07) is 14.2. The Kier molecular flexibility index (Phi) is 3.50. The maximum atomic E-state index is 13.9. The zero-order chi connectivity index (χ0) is 16.9. The minimum Gasteiger partial charge on any atom is -0.311 e. The van der Waals surface area contributed by atoms with E-state index in [1.165, 1.54) is 18.4 Å². The second kappa shape index (κ2) is 5.75. The van der Waals surface area contributed by atoms with Crippen molar-refractivity contribution in [2.24, 2.45) is 5.92 Å². The van der Waals surface area contributed by atoms with Crippen LogP contribution in [-0.4, -0.2) is 46.9 Å². The number of hydrogen-bond acceptors (Lipinski definition) is 4. The van der Waals surface area contributed by atoms with Crippen LogP contribution in [0.3, 0.4) is 0 Å². The predicted octanol–water partition coefficient (Wildman–Crippen LogP) is 2.48. The van der Waals surface area contributed by atoms with Crippen molar-refractivity contribution < 1.29 is 4.79 Å². The number of nitrogens with one attached hydrogen (secondary N) is 1. The molecule has 2 aromatic rings.